The Bertz CT molecular complexity index is 967. The predicted molar refractivity (Wildman–Crippen MR) is 118 cm³/mol. The lowest BCUT2D eigenvalue weighted by atomic mass is 10.1. The highest BCUT2D eigenvalue weighted by molar-refractivity contribution is 7.71. The first-order valence-electron chi connectivity index (χ1n) is 9.91. The summed E-state index contributed by atoms with van der Waals surface area (Å²) in [6.45, 7) is 4.08. The summed E-state index contributed by atoms with van der Waals surface area (Å²) in [6, 6.07) is 13.1. The SMILES string of the molecule is Cn1c(Cc2cccs2)nn(C[NH+](C)Cc2ccccc2N2CCCC2)c1=S. The summed E-state index contributed by atoms with van der Waals surface area (Å²) in [6.07, 6.45) is 3.43. The summed E-state index contributed by atoms with van der Waals surface area (Å²) in [5.74, 6) is 1.03. The van der Waals surface area contributed by atoms with Gasteiger partial charge in [-0.3, -0.25) is 0 Å². The van der Waals surface area contributed by atoms with E-state index in [0.717, 1.165) is 30.2 Å². The normalized spacial score (nSPS) is 15.3. The average Bonchev–Trinajstić information content (AvgIpc) is 3.43. The quantitative estimate of drug-likeness (QED) is 0.603. The molecule has 3 aromatic rings. The van der Waals surface area contributed by atoms with Gasteiger partial charge >= 0.3 is 0 Å². The van der Waals surface area contributed by atoms with Crippen molar-refractivity contribution < 1.29 is 4.90 Å². The lowest BCUT2D eigenvalue weighted by Crippen LogP contribution is -3.07. The molecule has 4 rings (SSSR count). The van der Waals surface area contributed by atoms with E-state index in [0.29, 0.717) is 0 Å². The molecule has 1 N–H and O–H groups in total. The third-order valence-electron chi connectivity index (χ3n) is 5.39. The molecule has 2 aromatic heterocycles. The number of anilines is 1. The van der Waals surface area contributed by atoms with Gasteiger partial charge in [0.05, 0.1) is 7.05 Å². The molecule has 148 valence electrons. The molecule has 1 aliphatic rings. The molecule has 1 saturated heterocycles. The van der Waals surface area contributed by atoms with Crippen LogP contribution >= 0.6 is 23.6 Å². The summed E-state index contributed by atoms with van der Waals surface area (Å²) in [5.41, 5.74) is 2.80. The Morgan fingerprint density at radius 3 is 2.68 bits per heavy atom. The van der Waals surface area contributed by atoms with E-state index in [4.69, 9.17) is 17.3 Å². The molecule has 0 radical (unpaired) electrons. The Morgan fingerprint density at radius 2 is 1.93 bits per heavy atom. The highest BCUT2D eigenvalue weighted by Crippen LogP contribution is 2.23. The summed E-state index contributed by atoms with van der Waals surface area (Å²) >= 11 is 7.42. The maximum atomic E-state index is 5.65. The minimum atomic E-state index is 0.769. The molecule has 0 saturated carbocycles. The fourth-order valence-corrected chi connectivity index (χ4v) is 4.83. The van der Waals surface area contributed by atoms with Crippen LogP contribution in [0.5, 0.6) is 0 Å². The van der Waals surface area contributed by atoms with E-state index in [1.807, 2.05) is 16.3 Å². The third kappa shape index (κ3) is 4.21. The monoisotopic (exact) mass is 414 g/mol. The number of nitrogens with zero attached hydrogens (tertiary/aromatic N) is 4. The van der Waals surface area contributed by atoms with Gasteiger partial charge in [-0.15, -0.1) is 11.3 Å². The Morgan fingerprint density at radius 1 is 1.14 bits per heavy atom. The topological polar surface area (TPSA) is 30.4 Å². The lowest BCUT2D eigenvalue weighted by molar-refractivity contribution is -0.917. The van der Waals surface area contributed by atoms with Gasteiger partial charge in [-0.25, -0.2) is 0 Å². The highest BCUT2D eigenvalue weighted by atomic mass is 32.1. The van der Waals surface area contributed by atoms with Gasteiger partial charge in [0, 0.05) is 42.7 Å². The summed E-state index contributed by atoms with van der Waals surface area (Å²) < 4.78 is 4.81. The zero-order valence-corrected chi connectivity index (χ0v) is 18.2. The first kappa shape index (κ1) is 19.4. The van der Waals surface area contributed by atoms with Gasteiger partial charge in [0.1, 0.15) is 12.4 Å². The van der Waals surface area contributed by atoms with Crippen molar-refractivity contribution >= 4 is 29.2 Å². The van der Waals surface area contributed by atoms with Crippen LogP contribution in [-0.2, 0) is 26.7 Å². The maximum Gasteiger partial charge on any atom is 0.202 e. The number of nitrogens with one attached hydrogen (secondary N) is 1. The molecule has 1 fully saturated rings. The number of aromatic nitrogens is 3. The second-order valence-corrected chi connectivity index (χ2v) is 9.03. The molecular weight excluding hydrogens is 386 g/mol. The zero-order valence-electron chi connectivity index (χ0n) is 16.6. The minimum Gasteiger partial charge on any atom is -0.371 e. The van der Waals surface area contributed by atoms with Crippen LogP contribution in [0.3, 0.4) is 0 Å². The fourth-order valence-electron chi connectivity index (χ4n) is 3.92. The molecule has 5 nitrogen and oxygen atoms in total. The number of rotatable bonds is 7. The molecule has 3 heterocycles. The van der Waals surface area contributed by atoms with E-state index in [2.05, 4.69) is 53.7 Å². The van der Waals surface area contributed by atoms with Crippen molar-refractivity contribution in [2.75, 3.05) is 25.0 Å². The van der Waals surface area contributed by atoms with Crippen LogP contribution in [0, 0.1) is 4.77 Å². The van der Waals surface area contributed by atoms with Gasteiger partial charge in [-0.2, -0.15) is 9.78 Å². The van der Waals surface area contributed by atoms with Crippen LogP contribution < -0.4 is 9.80 Å². The highest BCUT2D eigenvalue weighted by Gasteiger charge is 2.18. The van der Waals surface area contributed by atoms with Gasteiger partial charge in [-0.05, 0) is 42.6 Å². The Kier molecular flexibility index (Phi) is 5.94. The molecule has 1 atom stereocenters. The molecular formula is C21H28N5S2+. The molecule has 1 aromatic carbocycles. The third-order valence-corrected chi connectivity index (χ3v) is 6.75. The predicted octanol–water partition coefficient (Wildman–Crippen LogP) is 2.88. The van der Waals surface area contributed by atoms with E-state index >= 15 is 0 Å². The number of quaternary nitrogens is 1. The average molecular weight is 415 g/mol. The van der Waals surface area contributed by atoms with Crippen molar-refractivity contribution in [1.82, 2.24) is 14.3 Å². The summed E-state index contributed by atoms with van der Waals surface area (Å²) in [4.78, 5) is 5.22. The van der Waals surface area contributed by atoms with Crippen molar-refractivity contribution in [1.29, 1.82) is 0 Å². The number of benzene rings is 1. The van der Waals surface area contributed by atoms with Crippen molar-refractivity contribution in [3.05, 3.63) is 62.8 Å². The Labute approximate surface area is 175 Å². The maximum absolute atomic E-state index is 5.65. The van der Waals surface area contributed by atoms with Crippen molar-refractivity contribution in [3.8, 4) is 0 Å². The molecule has 0 bridgehead atoms. The van der Waals surface area contributed by atoms with Crippen molar-refractivity contribution in [2.45, 2.75) is 32.5 Å². The molecule has 7 heteroatoms. The number of para-hydroxylation sites is 1. The number of thiophene rings is 1. The van der Waals surface area contributed by atoms with Gasteiger partial charge in [-0.1, -0.05) is 24.3 Å². The molecule has 0 spiro atoms. The van der Waals surface area contributed by atoms with E-state index in [-0.39, 0.29) is 0 Å². The van der Waals surface area contributed by atoms with Crippen LogP contribution in [0.15, 0.2) is 41.8 Å². The number of hydrogen-bond acceptors (Lipinski definition) is 4. The van der Waals surface area contributed by atoms with E-state index in [9.17, 15) is 0 Å². The van der Waals surface area contributed by atoms with Crippen LogP contribution in [0.4, 0.5) is 5.69 Å². The first-order chi connectivity index (χ1) is 13.6. The zero-order chi connectivity index (χ0) is 19.5. The van der Waals surface area contributed by atoms with Gasteiger partial charge in [0.2, 0.25) is 4.77 Å². The van der Waals surface area contributed by atoms with E-state index in [1.54, 1.807) is 11.3 Å². The van der Waals surface area contributed by atoms with Crippen LogP contribution in [0.1, 0.15) is 29.1 Å². The number of hydrogen-bond donors (Lipinski definition) is 1. The Balaban J connectivity index is 1.47. The summed E-state index contributed by atoms with van der Waals surface area (Å²) in [5, 5.41) is 6.92. The molecule has 1 aliphatic heterocycles. The minimum absolute atomic E-state index is 0.769. The first-order valence-corrected chi connectivity index (χ1v) is 11.2. The molecule has 1 unspecified atom stereocenters. The lowest BCUT2D eigenvalue weighted by Gasteiger charge is -2.23. The van der Waals surface area contributed by atoms with E-state index < -0.39 is 0 Å². The van der Waals surface area contributed by atoms with Crippen LogP contribution in [-0.4, -0.2) is 34.5 Å². The second-order valence-electron chi connectivity index (χ2n) is 7.63. The van der Waals surface area contributed by atoms with E-state index in [1.165, 1.54) is 47.0 Å². The van der Waals surface area contributed by atoms with Crippen LogP contribution in [0.25, 0.3) is 0 Å². The smallest absolute Gasteiger partial charge is 0.202 e. The van der Waals surface area contributed by atoms with Gasteiger partial charge < -0.3 is 14.4 Å². The van der Waals surface area contributed by atoms with Crippen molar-refractivity contribution in [2.24, 2.45) is 7.05 Å². The fraction of sp³-hybridized carbons (Fsp3) is 0.429. The van der Waals surface area contributed by atoms with Gasteiger partial charge in [0.15, 0.2) is 6.67 Å². The largest absolute Gasteiger partial charge is 0.371 e. The van der Waals surface area contributed by atoms with Crippen molar-refractivity contribution in [3.63, 3.8) is 0 Å². The summed E-state index contributed by atoms with van der Waals surface area (Å²) in [7, 11) is 4.24. The standard InChI is InChI=1S/C21H27N5S2/c1-23(15-17-8-3-4-10-19(17)25-11-5-6-12-25)16-26-21(27)24(2)20(22-26)14-18-9-7-13-28-18/h3-4,7-10,13H,5-6,11-12,14-16H2,1-2H3/p+1. The molecule has 0 amide bonds. The molecule has 0 aliphatic carbocycles. The second kappa shape index (κ2) is 8.59. The van der Waals surface area contributed by atoms with Gasteiger partial charge in [0.25, 0.3) is 0 Å². The Hall–Kier alpha value is -1.96. The van der Waals surface area contributed by atoms with Crippen LogP contribution in [0.2, 0.25) is 0 Å². The molecule has 28 heavy (non-hydrogen) atoms.